The van der Waals surface area contributed by atoms with Crippen LogP contribution in [-0.2, 0) is 11.2 Å². The number of nitrogens with one attached hydrogen (secondary N) is 1. The van der Waals surface area contributed by atoms with Gasteiger partial charge in [0, 0.05) is 23.5 Å². The Morgan fingerprint density at radius 1 is 1.45 bits per heavy atom. The number of nitrogens with zero attached hydrogens (tertiary/aromatic N) is 2. The van der Waals surface area contributed by atoms with E-state index in [4.69, 9.17) is 11.6 Å². The second-order valence-corrected chi connectivity index (χ2v) is 5.37. The average molecular weight is 292 g/mol. The summed E-state index contributed by atoms with van der Waals surface area (Å²) >= 11 is 5.95. The summed E-state index contributed by atoms with van der Waals surface area (Å²) in [6.45, 7) is 3.84. The van der Waals surface area contributed by atoms with Crippen LogP contribution in [0.5, 0.6) is 0 Å². The summed E-state index contributed by atoms with van der Waals surface area (Å²) < 4.78 is 1.78. The Morgan fingerprint density at radius 3 is 2.90 bits per heavy atom. The molecule has 0 aliphatic carbocycles. The summed E-state index contributed by atoms with van der Waals surface area (Å²) in [6, 6.07) is 7.47. The van der Waals surface area contributed by atoms with Gasteiger partial charge in [0.15, 0.2) is 0 Å². The fraction of sp³-hybridized carbons (Fsp3) is 0.333. The monoisotopic (exact) mass is 291 g/mol. The van der Waals surface area contributed by atoms with Gasteiger partial charge in [-0.2, -0.15) is 0 Å². The summed E-state index contributed by atoms with van der Waals surface area (Å²) in [7, 11) is 0. The van der Waals surface area contributed by atoms with Gasteiger partial charge in [-0.15, -0.1) is 0 Å². The third kappa shape index (κ3) is 3.84. The van der Waals surface area contributed by atoms with Crippen LogP contribution in [0.15, 0.2) is 43.0 Å². The molecule has 0 unspecified atom stereocenters. The van der Waals surface area contributed by atoms with E-state index in [1.807, 2.05) is 38.1 Å². The molecule has 0 saturated carbocycles. The van der Waals surface area contributed by atoms with Gasteiger partial charge >= 0.3 is 0 Å². The lowest BCUT2D eigenvalue weighted by atomic mass is 10.1. The molecule has 1 aromatic heterocycles. The molecule has 0 aliphatic heterocycles. The van der Waals surface area contributed by atoms with Crippen LogP contribution in [0.1, 0.15) is 25.5 Å². The Kier molecular flexibility index (Phi) is 4.79. The second kappa shape index (κ2) is 6.57. The minimum absolute atomic E-state index is 0.0162. The Morgan fingerprint density at radius 2 is 2.25 bits per heavy atom. The molecule has 1 N–H and O–H groups in total. The van der Waals surface area contributed by atoms with Crippen molar-refractivity contribution >= 4 is 17.5 Å². The smallest absolute Gasteiger partial charge is 0.243 e. The van der Waals surface area contributed by atoms with Crippen molar-refractivity contribution in [3.63, 3.8) is 0 Å². The van der Waals surface area contributed by atoms with Crippen molar-refractivity contribution in [3.05, 3.63) is 53.6 Å². The Bertz CT molecular complexity index is 568. The lowest BCUT2D eigenvalue weighted by Crippen LogP contribution is -2.38. The second-order valence-electron chi connectivity index (χ2n) is 4.93. The molecular formula is C15H18ClN3O. The molecule has 4 nitrogen and oxygen atoms in total. The van der Waals surface area contributed by atoms with Crippen LogP contribution < -0.4 is 5.32 Å². The Labute approximate surface area is 123 Å². The molecule has 0 saturated heterocycles. The summed E-state index contributed by atoms with van der Waals surface area (Å²) in [5.41, 5.74) is 1.11. The van der Waals surface area contributed by atoms with Gasteiger partial charge in [-0.25, -0.2) is 4.98 Å². The van der Waals surface area contributed by atoms with Crippen LogP contribution >= 0.6 is 11.6 Å². The molecular weight excluding hydrogens is 274 g/mol. The number of carbonyl (C=O) groups excluding carboxylic acids is 1. The molecule has 5 heteroatoms. The molecule has 1 heterocycles. The maximum atomic E-state index is 12.1. The third-order valence-corrected chi connectivity index (χ3v) is 3.41. The summed E-state index contributed by atoms with van der Waals surface area (Å²) in [6.07, 6.45) is 5.85. The molecule has 0 spiro atoms. The first kappa shape index (κ1) is 14.6. The van der Waals surface area contributed by atoms with Crippen molar-refractivity contribution in [1.29, 1.82) is 0 Å². The van der Waals surface area contributed by atoms with Gasteiger partial charge in [0.2, 0.25) is 5.91 Å². The van der Waals surface area contributed by atoms with E-state index in [-0.39, 0.29) is 18.0 Å². The third-order valence-electron chi connectivity index (χ3n) is 3.17. The normalized spacial score (nSPS) is 13.8. The van der Waals surface area contributed by atoms with E-state index in [1.54, 1.807) is 23.3 Å². The molecule has 106 valence electrons. The topological polar surface area (TPSA) is 46.9 Å². The SMILES string of the molecule is C[C@H](Cc1cccc(Cl)c1)NC(=O)[C@H](C)n1ccnc1. The van der Waals surface area contributed by atoms with Gasteiger partial charge in [-0.3, -0.25) is 4.79 Å². The predicted molar refractivity (Wildman–Crippen MR) is 79.7 cm³/mol. The zero-order valence-corrected chi connectivity index (χ0v) is 12.3. The van der Waals surface area contributed by atoms with Crippen LogP contribution in [0.25, 0.3) is 0 Å². The van der Waals surface area contributed by atoms with Gasteiger partial charge in [0.25, 0.3) is 0 Å². The first-order chi connectivity index (χ1) is 9.56. The summed E-state index contributed by atoms with van der Waals surface area (Å²) in [5.74, 6) is -0.0162. The van der Waals surface area contributed by atoms with Crippen LogP contribution in [0.4, 0.5) is 0 Å². The first-order valence-electron chi connectivity index (χ1n) is 6.58. The van der Waals surface area contributed by atoms with Crippen molar-refractivity contribution < 1.29 is 4.79 Å². The predicted octanol–water partition coefficient (Wildman–Crippen LogP) is 2.84. The van der Waals surface area contributed by atoms with Crippen molar-refractivity contribution in [3.8, 4) is 0 Å². The lowest BCUT2D eigenvalue weighted by Gasteiger charge is -2.18. The van der Waals surface area contributed by atoms with E-state index >= 15 is 0 Å². The van der Waals surface area contributed by atoms with Gasteiger partial charge in [-0.05, 0) is 38.0 Å². The number of hydrogen-bond donors (Lipinski definition) is 1. The Hall–Kier alpha value is -1.81. The first-order valence-corrected chi connectivity index (χ1v) is 6.96. The molecule has 0 aliphatic rings. The van der Waals surface area contributed by atoms with Crippen LogP contribution in [0.3, 0.4) is 0 Å². The highest BCUT2D eigenvalue weighted by Crippen LogP contribution is 2.13. The highest BCUT2D eigenvalue weighted by atomic mass is 35.5. The van der Waals surface area contributed by atoms with E-state index in [9.17, 15) is 4.79 Å². The zero-order chi connectivity index (χ0) is 14.5. The Balaban J connectivity index is 1.91. The largest absolute Gasteiger partial charge is 0.352 e. The number of aromatic nitrogens is 2. The fourth-order valence-electron chi connectivity index (χ4n) is 2.07. The van der Waals surface area contributed by atoms with Crippen LogP contribution in [0.2, 0.25) is 5.02 Å². The van der Waals surface area contributed by atoms with E-state index in [0.717, 1.165) is 12.0 Å². The van der Waals surface area contributed by atoms with Gasteiger partial charge < -0.3 is 9.88 Å². The number of halogens is 1. The quantitative estimate of drug-likeness (QED) is 0.921. The number of amides is 1. The average Bonchev–Trinajstić information content (AvgIpc) is 2.91. The highest BCUT2D eigenvalue weighted by molar-refractivity contribution is 6.30. The van der Waals surface area contributed by atoms with E-state index in [1.165, 1.54) is 0 Å². The van der Waals surface area contributed by atoms with Crippen molar-refractivity contribution in [2.24, 2.45) is 0 Å². The molecule has 0 fully saturated rings. The molecule has 1 amide bonds. The molecule has 2 aromatic rings. The molecule has 2 atom stereocenters. The standard InChI is InChI=1S/C15H18ClN3O/c1-11(8-13-4-3-5-14(16)9-13)18-15(20)12(2)19-7-6-17-10-19/h3-7,9-12H,8H2,1-2H3,(H,18,20)/t11-,12+/m1/s1. The molecule has 1 aromatic carbocycles. The zero-order valence-electron chi connectivity index (χ0n) is 11.6. The number of rotatable bonds is 5. The number of carbonyl (C=O) groups is 1. The van der Waals surface area contributed by atoms with E-state index in [0.29, 0.717) is 5.02 Å². The molecule has 0 radical (unpaired) electrons. The molecule has 0 bridgehead atoms. The maximum absolute atomic E-state index is 12.1. The summed E-state index contributed by atoms with van der Waals surface area (Å²) in [4.78, 5) is 16.1. The fourth-order valence-corrected chi connectivity index (χ4v) is 2.28. The van der Waals surface area contributed by atoms with E-state index < -0.39 is 0 Å². The van der Waals surface area contributed by atoms with Gasteiger partial charge in [0.1, 0.15) is 6.04 Å². The van der Waals surface area contributed by atoms with Crippen molar-refractivity contribution in [1.82, 2.24) is 14.9 Å². The minimum Gasteiger partial charge on any atom is -0.352 e. The van der Waals surface area contributed by atoms with E-state index in [2.05, 4.69) is 10.3 Å². The lowest BCUT2D eigenvalue weighted by molar-refractivity contribution is -0.124. The summed E-state index contributed by atoms with van der Waals surface area (Å²) in [5, 5.41) is 3.72. The van der Waals surface area contributed by atoms with Gasteiger partial charge in [0.05, 0.1) is 6.33 Å². The van der Waals surface area contributed by atoms with Gasteiger partial charge in [-0.1, -0.05) is 23.7 Å². The van der Waals surface area contributed by atoms with Crippen LogP contribution in [0, 0.1) is 0 Å². The number of hydrogen-bond acceptors (Lipinski definition) is 2. The van der Waals surface area contributed by atoms with Crippen molar-refractivity contribution in [2.75, 3.05) is 0 Å². The highest BCUT2D eigenvalue weighted by Gasteiger charge is 2.16. The van der Waals surface area contributed by atoms with Crippen LogP contribution in [-0.4, -0.2) is 21.5 Å². The number of benzene rings is 1. The van der Waals surface area contributed by atoms with Crippen molar-refractivity contribution in [2.45, 2.75) is 32.4 Å². The number of imidazole rings is 1. The minimum atomic E-state index is -0.265. The molecule has 2 rings (SSSR count). The molecule has 20 heavy (non-hydrogen) atoms. The maximum Gasteiger partial charge on any atom is 0.243 e.